The van der Waals surface area contributed by atoms with E-state index in [1.807, 2.05) is 13.0 Å². The van der Waals surface area contributed by atoms with Gasteiger partial charge < -0.3 is 9.80 Å². The molecule has 0 aliphatic carbocycles. The Morgan fingerprint density at radius 3 is 2.47 bits per heavy atom. The molecule has 5 heterocycles. The van der Waals surface area contributed by atoms with Crippen LogP contribution in [0.4, 0.5) is 10.3 Å². The van der Waals surface area contributed by atoms with Crippen molar-refractivity contribution in [3.8, 4) is 5.69 Å². The number of aromatic nitrogens is 7. The summed E-state index contributed by atoms with van der Waals surface area (Å²) in [6, 6.07) is 6.36. The van der Waals surface area contributed by atoms with Gasteiger partial charge in [0.1, 0.15) is 22.9 Å². The van der Waals surface area contributed by atoms with Crippen molar-refractivity contribution in [3.05, 3.63) is 60.1 Å². The largest absolute Gasteiger partial charge is 0.340 e. The normalized spacial score (nSPS) is 20.3. The maximum Gasteiger partial charge on any atom is 0.259 e. The van der Waals surface area contributed by atoms with Gasteiger partial charge in [0.2, 0.25) is 5.95 Å². The van der Waals surface area contributed by atoms with Crippen molar-refractivity contribution in [1.29, 1.82) is 0 Å². The minimum atomic E-state index is -0.568. The number of carbonyl (C=O) groups excluding carboxylic acids is 1. The highest BCUT2D eigenvalue weighted by Crippen LogP contribution is 2.34. The Hall–Kier alpha value is -3.89. The summed E-state index contributed by atoms with van der Waals surface area (Å²) in [5, 5.41) is 12.4. The minimum absolute atomic E-state index is 0.00525. The van der Waals surface area contributed by atoms with Gasteiger partial charge in [0, 0.05) is 44.1 Å². The second-order valence-corrected chi connectivity index (χ2v) is 8.26. The molecule has 2 saturated heterocycles. The molecule has 0 radical (unpaired) electrons. The summed E-state index contributed by atoms with van der Waals surface area (Å²) in [6.45, 7) is 4.54. The number of fused-ring (bicyclic) bond motifs is 2. The summed E-state index contributed by atoms with van der Waals surface area (Å²) < 4.78 is 16.4. The van der Waals surface area contributed by atoms with Crippen LogP contribution in [0.25, 0.3) is 11.3 Å². The predicted molar refractivity (Wildman–Crippen MR) is 112 cm³/mol. The molecule has 4 aromatic rings. The van der Waals surface area contributed by atoms with Crippen LogP contribution >= 0.6 is 0 Å². The zero-order valence-electron chi connectivity index (χ0n) is 17.3. The zero-order valence-corrected chi connectivity index (χ0v) is 17.3. The van der Waals surface area contributed by atoms with Gasteiger partial charge in [-0.15, -0.1) is 0 Å². The van der Waals surface area contributed by atoms with Crippen molar-refractivity contribution in [2.24, 2.45) is 11.8 Å². The maximum atomic E-state index is 14.7. The molecule has 2 atom stereocenters. The Balaban J connectivity index is 1.22. The monoisotopic (exact) mass is 433 g/mol. The van der Waals surface area contributed by atoms with E-state index in [1.165, 1.54) is 23.3 Å². The van der Waals surface area contributed by atoms with Crippen molar-refractivity contribution in [2.75, 3.05) is 31.1 Å². The van der Waals surface area contributed by atoms with E-state index in [4.69, 9.17) is 0 Å². The fourth-order valence-electron chi connectivity index (χ4n) is 4.80. The molecule has 6 rings (SSSR count). The van der Waals surface area contributed by atoms with E-state index in [0.29, 0.717) is 24.7 Å². The molecular formula is C21H20FN9O. The van der Waals surface area contributed by atoms with Crippen LogP contribution in [0.5, 0.6) is 0 Å². The van der Waals surface area contributed by atoms with Crippen molar-refractivity contribution in [2.45, 2.75) is 6.92 Å². The number of nitrogens with zero attached hydrogens (tertiary/aromatic N) is 9. The first-order chi connectivity index (χ1) is 15.6. The van der Waals surface area contributed by atoms with E-state index < -0.39 is 5.82 Å². The Kier molecular flexibility index (Phi) is 4.17. The summed E-state index contributed by atoms with van der Waals surface area (Å²) in [6.07, 6.45) is 4.71. The molecule has 10 nitrogen and oxygen atoms in total. The summed E-state index contributed by atoms with van der Waals surface area (Å²) in [5.41, 5.74) is 1.11. The second kappa shape index (κ2) is 7.08. The maximum absolute atomic E-state index is 14.7. The molecule has 1 aromatic carbocycles. The van der Waals surface area contributed by atoms with Crippen LogP contribution in [0, 0.1) is 24.6 Å². The van der Waals surface area contributed by atoms with Gasteiger partial charge in [0.05, 0.1) is 18.6 Å². The van der Waals surface area contributed by atoms with Gasteiger partial charge >= 0.3 is 0 Å². The number of hydrogen-bond donors (Lipinski definition) is 0. The van der Waals surface area contributed by atoms with Gasteiger partial charge in [-0.05, 0) is 19.1 Å². The number of anilines is 1. The lowest BCUT2D eigenvalue weighted by Crippen LogP contribution is -2.35. The van der Waals surface area contributed by atoms with Crippen LogP contribution in [0.1, 0.15) is 16.2 Å². The van der Waals surface area contributed by atoms with Crippen molar-refractivity contribution in [1.82, 2.24) is 39.5 Å². The lowest BCUT2D eigenvalue weighted by molar-refractivity contribution is 0.0777. The highest BCUT2D eigenvalue weighted by molar-refractivity contribution is 5.98. The van der Waals surface area contributed by atoms with Crippen LogP contribution in [-0.2, 0) is 0 Å². The highest BCUT2D eigenvalue weighted by Gasteiger charge is 2.43. The zero-order chi connectivity index (χ0) is 21.8. The Morgan fingerprint density at radius 1 is 0.969 bits per heavy atom. The first kappa shape index (κ1) is 18.8. The Bertz CT molecular complexity index is 1300. The number of benzene rings is 1. The molecule has 0 N–H and O–H groups in total. The molecule has 0 spiro atoms. The first-order valence-electron chi connectivity index (χ1n) is 10.5. The lowest BCUT2D eigenvalue weighted by Gasteiger charge is -2.23. The summed E-state index contributed by atoms with van der Waals surface area (Å²) in [5.74, 6) is 1.13. The van der Waals surface area contributed by atoms with Crippen LogP contribution in [-0.4, -0.2) is 71.6 Å². The van der Waals surface area contributed by atoms with Gasteiger partial charge in [-0.3, -0.25) is 4.79 Å². The topological polar surface area (TPSA) is 97.3 Å². The summed E-state index contributed by atoms with van der Waals surface area (Å²) in [4.78, 5) is 27.7. The SMILES string of the molecule is Cc1nc(N2C[C@H]3CN(C(=O)c4c(F)cccc4-n4nccn4)C[C@H]3C2)nc2ccnn12. The smallest absolute Gasteiger partial charge is 0.259 e. The molecule has 0 unspecified atom stereocenters. The van der Waals surface area contributed by atoms with Gasteiger partial charge in [-0.25, -0.2) is 8.91 Å². The third-order valence-corrected chi connectivity index (χ3v) is 6.30. The van der Waals surface area contributed by atoms with Crippen molar-refractivity contribution >= 4 is 17.5 Å². The van der Waals surface area contributed by atoms with Crippen LogP contribution in [0.15, 0.2) is 42.9 Å². The number of likely N-dealkylation sites (tertiary alicyclic amines) is 1. The van der Waals surface area contributed by atoms with Crippen molar-refractivity contribution in [3.63, 3.8) is 0 Å². The van der Waals surface area contributed by atoms with Crippen molar-refractivity contribution < 1.29 is 9.18 Å². The molecule has 162 valence electrons. The average molecular weight is 433 g/mol. The number of amides is 1. The molecule has 1 amide bonds. The molecular weight excluding hydrogens is 413 g/mol. The molecule has 2 fully saturated rings. The lowest BCUT2D eigenvalue weighted by atomic mass is 10.0. The fourth-order valence-corrected chi connectivity index (χ4v) is 4.80. The average Bonchev–Trinajstić information content (AvgIpc) is 3.56. The van der Waals surface area contributed by atoms with E-state index in [9.17, 15) is 9.18 Å². The third kappa shape index (κ3) is 2.92. The summed E-state index contributed by atoms with van der Waals surface area (Å²) in [7, 11) is 0. The predicted octanol–water partition coefficient (Wildman–Crippen LogP) is 1.36. The number of rotatable bonds is 3. The number of aryl methyl sites for hydroxylation is 1. The molecule has 2 aliphatic rings. The third-order valence-electron chi connectivity index (χ3n) is 6.30. The summed E-state index contributed by atoms with van der Waals surface area (Å²) >= 11 is 0. The minimum Gasteiger partial charge on any atom is -0.340 e. The molecule has 0 saturated carbocycles. The molecule has 3 aromatic heterocycles. The molecule has 32 heavy (non-hydrogen) atoms. The Labute approximate surface area is 182 Å². The Morgan fingerprint density at radius 2 is 1.72 bits per heavy atom. The first-order valence-corrected chi connectivity index (χ1v) is 10.5. The van der Waals surface area contributed by atoms with Crippen LogP contribution in [0.3, 0.4) is 0 Å². The highest BCUT2D eigenvalue weighted by atomic mass is 19.1. The van der Waals surface area contributed by atoms with E-state index in [-0.39, 0.29) is 23.3 Å². The molecule has 0 bridgehead atoms. The second-order valence-electron chi connectivity index (χ2n) is 8.26. The van der Waals surface area contributed by atoms with E-state index in [2.05, 4.69) is 30.2 Å². The van der Waals surface area contributed by atoms with Gasteiger partial charge in [-0.1, -0.05) is 6.07 Å². The quantitative estimate of drug-likeness (QED) is 0.481. The van der Waals surface area contributed by atoms with E-state index in [0.717, 1.165) is 24.6 Å². The molecule has 2 aliphatic heterocycles. The number of halogens is 1. The molecule has 11 heteroatoms. The fraction of sp³-hybridized carbons (Fsp3) is 0.333. The van der Waals surface area contributed by atoms with Gasteiger partial charge in [-0.2, -0.15) is 30.1 Å². The van der Waals surface area contributed by atoms with Crippen LogP contribution < -0.4 is 4.90 Å². The van der Waals surface area contributed by atoms with Crippen LogP contribution in [0.2, 0.25) is 0 Å². The standard InChI is InChI=1S/C21H20FN9O/c1-13-26-21(27-18-5-6-23-30(13)18)29-11-14-9-28(10-15(14)12-29)20(32)19-16(22)3-2-4-17(19)31-24-7-8-25-31/h2-8,14-15H,9-12H2,1H3/t14-,15+. The van der Waals surface area contributed by atoms with Gasteiger partial charge in [0.15, 0.2) is 5.65 Å². The number of hydrogen-bond acceptors (Lipinski definition) is 7. The van der Waals surface area contributed by atoms with E-state index >= 15 is 0 Å². The number of carbonyl (C=O) groups is 1. The van der Waals surface area contributed by atoms with E-state index in [1.54, 1.807) is 27.7 Å². The van der Waals surface area contributed by atoms with Gasteiger partial charge in [0.25, 0.3) is 5.91 Å².